The summed E-state index contributed by atoms with van der Waals surface area (Å²) in [7, 11) is 6.81. The lowest BCUT2D eigenvalue weighted by Gasteiger charge is -2.24. The predicted octanol–water partition coefficient (Wildman–Crippen LogP) is -0.853. The molecule has 0 rings (SSSR count). The summed E-state index contributed by atoms with van der Waals surface area (Å²) in [6.45, 7) is 2.35. The third-order valence-electron chi connectivity index (χ3n) is 2.56. The number of rotatable bonds is 3. The fourth-order valence-corrected chi connectivity index (χ4v) is 0.750. The topological polar surface area (TPSA) is 0 Å². The fraction of sp³-hybridized carbons (Fsp3) is 1.00. The molecule has 0 radical (unpaired) electrons. The highest BCUT2D eigenvalue weighted by Gasteiger charge is 2.14. The third kappa shape index (κ3) is 1.98. The lowest BCUT2D eigenvalue weighted by molar-refractivity contribution is 0.469. The van der Waals surface area contributed by atoms with Crippen molar-refractivity contribution in [2.45, 2.75) is 25.9 Å². The Kier molecular flexibility index (Phi) is 3.35. The van der Waals surface area contributed by atoms with E-state index in [0.29, 0.717) is 5.41 Å². The van der Waals surface area contributed by atoms with Gasteiger partial charge in [-0.1, -0.05) is 31.3 Å². The second-order valence-corrected chi connectivity index (χ2v) is 2.87. The molecular formula is C5H15B3. The molecule has 0 heterocycles. The lowest BCUT2D eigenvalue weighted by Crippen LogP contribution is -2.13. The molecule has 0 aromatic heterocycles. The van der Waals surface area contributed by atoms with E-state index in [-0.39, 0.29) is 0 Å². The van der Waals surface area contributed by atoms with Crippen LogP contribution in [0.1, 0.15) is 6.92 Å². The molecule has 0 amide bonds. The molecule has 0 saturated carbocycles. The molecule has 0 aliphatic carbocycles. The summed E-state index contributed by atoms with van der Waals surface area (Å²) in [6, 6.07) is 0. The van der Waals surface area contributed by atoms with E-state index in [2.05, 4.69) is 30.5 Å². The van der Waals surface area contributed by atoms with Crippen molar-refractivity contribution in [3.05, 3.63) is 0 Å². The van der Waals surface area contributed by atoms with E-state index in [1.54, 1.807) is 0 Å². The van der Waals surface area contributed by atoms with Gasteiger partial charge in [0.25, 0.3) is 0 Å². The SMILES string of the molecule is BCC(C)(CB)CB. The zero-order chi connectivity index (χ0) is 6.62. The van der Waals surface area contributed by atoms with Crippen molar-refractivity contribution >= 4 is 23.5 Å². The summed E-state index contributed by atoms with van der Waals surface area (Å²) in [4.78, 5) is 0. The minimum Gasteiger partial charge on any atom is -0.0771 e. The lowest BCUT2D eigenvalue weighted by atomic mass is 9.63. The van der Waals surface area contributed by atoms with Gasteiger partial charge in [0.15, 0.2) is 0 Å². The van der Waals surface area contributed by atoms with Crippen molar-refractivity contribution in [3.8, 4) is 0 Å². The largest absolute Gasteiger partial charge is 0.101 e. The van der Waals surface area contributed by atoms with E-state index in [9.17, 15) is 0 Å². The first-order valence-corrected chi connectivity index (χ1v) is 3.68. The molecule has 0 aromatic rings. The Morgan fingerprint density at radius 1 is 1.00 bits per heavy atom. The van der Waals surface area contributed by atoms with Crippen molar-refractivity contribution in [3.63, 3.8) is 0 Å². The van der Waals surface area contributed by atoms with Crippen LogP contribution in [0.5, 0.6) is 0 Å². The third-order valence-corrected chi connectivity index (χ3v) is 2.56. The summed E-state index contributed by atoms with van der Waals surface area (Å²) >= 11 is 0. The number of hydrogen-bond donors (Lipinski definition) is 0. The van der Waals surface area contributed by atoms with Crippen LogP contribution >= 0.6 is 0 Å². The highest BCUT2D eigenvalue weighted by molar-refractivity contribution is 6.15. The molecular weight excluding hydrogens is 92.5 g/mol. The second kappa shape index (κ2) is 3.27. The Morgan fingerprint density at radius 3 is 1.25 bits per heavy atom. The predicted molar refractivity (Wildman–Crippen MR) is 48.2 cm³/mol. The van der Waals surface area contributed by atoms with Crippen LogP contribution in [0.4, 0.5) is 0 Å². The molecule has 44 valence electrons. The Hall–Kier alpha value is 0.195. The van der Waals surface area contributed by atoms with Crippen LogP contribution in [-0.4, -0.2) is 23.5 Å². The van der Waals surface area contributed by atoms with Crippen molar-refractivity contribution in [1.82, 2.24) is 0 Å². The maximum atomic E-state index is 2.35. The van der Waals surface area contributed by atoms with Crippen LogP contribution in [0.15, 0.2) is 0 Å². The summed E-state index contributed by atoms with van der Waals surface area (Å²) in [6.07, 6.45) is 3.96. The maximum absolute atomic E-state index is 2.35. The average molecular weight is 108 g/mol. The highest BCUT2D eigenvalue weighted by Crippen LogP contribution is 2.27. The maximum Gasteiger partial charge on any atom is 0.101 e. The Morgan fingerprint density at radius 2 is 1.25 bits per heavy atom. The van der Waals surface area contributed by atoms with Gasteiger partial charge in [0.1, 0.15) is 23.5 Å². The van der Waals surface area contributed by atoms with Crippen LogP contribution < -0.4 is 0 Å². The van der Waals surface area contributed by atoms with Gasteiger partial charge >= 0.3 is 0 Å². The monoisotopic (exact) mass is 108 g/mol. The first-order chi connectivity index (χ1) is 3.68. The molecule has 0 fully saturated rings. The minimum absolute atomic E-state index is 0.625. The Balaban J connectivity index is 3.58. The smallest absolute Gasteiger partial charge is 0.0771 e. The molecule has 3 heteroatoms. The van der Waals surface area contributed by atoms with Gasteiger partial charge < -0.3 is 0 Å². The minimum atomic E-state index is 0.625. The average Bonchev–Trinajstić information content (AvgIpc) is 1.87. The number of hydrogen-bond acceptors (Lipinski definition) is 0. The van der Waals surface area contributed by atoms with Crippen molar-refractivity contribution < 1.29 is 0 Å². The van der Waals surface area contributed by atoms with E-state index in [1.165, 1.54) is 19.0 Å². The quantitative estimate of drug-likeness (QED) is 0.412. The van der Waals surface area contributed by atoms with E-state index in [0.717, 1.165) is 0 Å². The molecule has 0 nitrogen and oxygen atoms in total. The van der Waals surface area contributed by atoms with Gasteiger partial charge in [-0.2, -0.15) is 0 Å². The highest BCUT2D eigenvalue weighted by atomic mass is 14.1. The Bertz CT molecular complexity index is 50.4. The van der Waals surface area contributed by atoms with Gasteiger partial charge in [-0.05, 0) is 0 Å². The first-order valence-electron chi connectivity index (χ1n) is 3.68. The zero-order valence-corrected chi connectivity index (χ0v) is 6.62. The van der Waals surface area contributed by atoms with Gasteiger partial charge in [0, 0.05) is 0 Å². The summed E-state index contributed by atoms with van der Waals surface area (Å²) in [5, 5.41) is 0. The van der Waals surface area contributed by atoms with Crippen molar-refractivity contribution in [1.29, 1.82) is 0 Å². The Labute approximate surface area is 55.7 Å². The van der Waals surface area contributed by atoms with E-state index in [4.69, 9.17) is 0 Å². The molecule has 0 aromatic carbocycles. The molecule has 0 spiro atoms. The molecule has 0 saturated heterocycles. The molecule has 0 aliphatic heterocycles. The summed E-state index contributed by atoms with van der Waals surface area (Å²) < 4.78 is 0. The van der Waals surface area contributed by atoms with Crippen LogP contribution in [0.25, 0.3) is 0 Å². The van der Waals surface area contributed by atoms with Gasteiger partial charge in [-0.15, -0.1) is 0 Å². The van der Waals surface area contributed by atoms with E-state index >= 15 is 0 Å². The van der Waals surface area contributed by atoms with E-state index < -0.39 is 0 Å². The van der Waals surface area contributed by atoms with Gasteiger partial charge in [-0.25, -0.2) is 0 Å². The van der Waals surface area contributed by atoms with Crippen molar-refractivity contribution in [2.24, 2.45) is 5.41 Å². The van der Waals surface area contributed by atoms with Gasteiger partial charge in [-0.3, -0.25) is 0 Å². The van der Waals surface area contributed by atoms with E-state index in [1.807, 2.05) is 0 Å². The van der Waals surface area contributed by atoms with Gasteiger partial charge in [0.05, 0.1) is 0 Å². The fourth-order valence-electron chi connectivity index (χ4n) is 0.750. The molecule has 0 aliphatic rings. The molecule has 8 heavy (non-hydrogen) atoms. The summed E-state index contributed by atoms with van der Waals surface area (Å²) in [5.41, 5.74) is 0.625. The first kappa shape index (κ1) is 8.19. The zero-order valence-electron chi connectivity index (χ0n) is 6.62. The molecule has 0 bridgehead atoms. The van der Waals surface area contributed by atoms with Crippen molar-refractivity contribution in [2.75, 3.05) is 0 Å². The van der Waals surface area contributed by atoms with Crippen LogP contribution in [0.2, 0.25) is 19.0 Å². The van der Waals surface area contributed by atoms with Crippen LogP contribution in [-0.2, 0) is 0 Å². The second-order valence-electron chi connectivity index (χ2n) is 2.87. The standard InChI is InChI=1S/C5H15B3/c1-5(2-6,3-7)4-8/h2-4,6-8H2,1H3. The van der Waals surface area contributed by atoms with Crippen LogP contribution in [0.3, 0.4) is 0 Å². The molecule has 0 N–H and O–H groups in total. The molecule has 0 unspecified atom stereocenters. The van der Waals surface area contributed by atoms with Crippen LogP contribution in [0, 0.1) is 5.41 Å². The molecule has 0 atom stereocenters. The van der Waals surface area contributed by atoms with Gasteiger partial charge in [0.2, 0.25) is 0 Å². The normalized spacial score (nSPS) is 11.6. The summed E-state index contributed by atoms with van der Waals surface area (Å²) in [5.74, 6) is 0.